The van der Waals surface area contributed by atoms with E-state index >= 15 is 0 Å². The molecule has 0 saturated carbocycles. The zero-order valence-electron chi connectivity index (χ0n) is 10.6. The monoisotopic (exact) mass is 239 g/mol. The van der Waals surface area contributed by atoms with Crippen molar-refractivity contribution in [3.8, 4) is 0 Å². The highest BCUT2D eigenvalue weighted by Crippen LogP contribution is 2.04. The molecule has 0 spiro atoms. The van der Waals surface area contributed by atoms with Gasteiger partial charge >= 0.3 is 0 Å². The number of hydrogen-bond donors (Lipinski definition) is 2. The Labute approximate surface area is 102 Å². The first-order valence-electron chi connectivity index (χ1n) is 6.29. The van der Waals surface area contributed by atoms with E-state index in [1.807, 2.05) is 6.92 Å². The molecule has 0 aromatic rings. The molecule has 5 nitrogen and oxygen atoms in total. The van der Waals surface area contributed by atoms with Gasteiger partial charge < -0.3 is 5.32 Å². The normalized spacial score (nSPS) is 17.1. The number of carbonyl (C=O) groups is 2. The van der Waals surface area contributed by atoms with E-state index < -0.39 is 0 Å². The Morgan fingerprint density at radius 3 is 2.82 bits per heavy atom. The summed E-state index contributed by atoms with van der Waals surface area (Å²) in [7, 11) is 0. The molecule has 2 N–H and O–H groups in total. The van der Waals surface area contributed by atoms with Crippen LogP contribution in [0, 0.1) is 0 Å². The van der Waals surface area contributed by atoms with Gasteiger partial charge in [0, 0.05) is 18.9 Å². The van der Waals surface area contributed by atoms with E-state index in [4.69, 9.17) is 0 Å². The Balaban J connectivity index is 2.31. The molecule has 1 heterocycles. The number of nitrogens with zero attached hydrogens (tertiary/aromatic N) is 1. The fraction of sp³-hybridized carbons (Fsp3) is 0.750. The maximum Gasteiger partial charge on any atom is 0.267 e. The molecule has 0 fully saturated rings. The van der Waals surface area contributed by atoms with Crippen LogP contribution in [0.3, 0.4) is 0 Å². The Kier molecular flexibility index (Phi) is 5.66. The second-order valence-electron chi connectivity index (χ2n) is 4.46. The van der Waals surface area contributed by atoms with Crippen molar-refractivity contribution in [1.82, 2.24) is 10.7 Å². The van der Waals surface area contributed by atoms with Crippen LogP contribution < -0.4 is 10.7 Å². The quantitative estimate of drug-likeness (QED) is 0.687. The highest BCUT2D eigenvalue weighted by Gasteiger charge is 2.19. The van der Waals surface area contributed by atoms with Gasteiger partial charge in [0.05, 0.1) is 0 Å². The zero-order chi connectivity index (χ0) is 12.7. The molecule has 1 rings (SSSR count). The van der Waals surface area contributed by atoms with Gasteiger partial charge in [-0.1, -0.05) is 26.2 Å². The van der Waals surface area contributed by atoms with Crippen molar-refractivity contribution in [2.24, 2.45) is 5.10 Å². The topological polar surface area (TPSA) is 70.6 Å². The summed E-state index contributed by atoms with van der Waals surface area (Å²) in [6.45, 7) is 4.15. The highest BCUT2D eigenvalue weighted by atomic mass is 16.2. The van der Waals surface area contributed by atoms with E-state index in [1.165, 1.54) is 12.8 Å². The first kappa shape index (κ1) is 13.7. The molecule has 0 aromatic heterocycles. The van der Waals surface area contributed by atoms with Crippen molar-refractivity contribution in [1.29, 1.82) is 0 Å². The van der Waals surface area contributed by atoms with Gasteiger partial charge in [-0.15, -0.1) is 0 Å². The lowest BCUT2D eigenvalue weighted by Gasteiger charge is -2.16. The smallest absolute Gasteiger partial charge is 0.267 e. The lowest BCUT2D eigenvalue weighted by atomic mass is 10.1. The molecular weight excluding hydrogens is 218 g/mol. The van der Waals surface area contributed by atoms with Gasteiger partial charge in [0.15, 0.2) is 0 Å². The van der Waals surface area contributed by atoms with Gasteiger partial charge in [0.1, 0.15) is 5.71 Å². The van der Waals surface area contributed by atoms with Crippen molar-refractivity contribution in [2.75, 3.05) is 0 Å². The van der Waals surface area contributed by atoms with Gasteiger partial charge in [-0.2, -0.15) is 5.10 Å². The van der Waals surface area contributed by atoms with E-state index in [-0.39, 0.29) is 17.9 Å². The van der Waals surface area contributed by atoms with Crippen molar-refractivity contribution in [3.63, 3.8) is 0 Å². The summed E-state index contributed by atoms with van der Waals surface area (Å²) in [5.74, 6) is -0.286. The molecular formula is C12H21N3O2. The van der Waals surface area contributed by atoms with Gasteiger partial charge in [-0.3, -0.25) is 9.59 Å². The Morgan fingerprint density at radius 2 is 2.24 bits per heavy atom. The molecule has 1 aliphatic rings. The highest BCUT2D eigenvalue weighted by molar-refractivity contribution is 6.39. The molecule has 0 radical (unpaired) electrons. The van der Waals surface area contributed by atoms with Gasteiger partial charge in [-0.25, -0.2) is 5.43 Å². The Bertz CT molecular complexity index is 313. The second-order valence-corrected chi connectivity index (χ2v) is 4.46. The zero-order valence-corrected chi connectivity index (χ0v) is 10.6. The van der Waals surface area contributed by atoms with Gasteiger partial charge in [0.2, 0.25) is 5.91 Å². The summed E-state index contributed by atoms with van der Waals surface area (Å²) in [4.78, 5) is 22.6. The molecule has 1 atom stereocenters. The fourth-order valence-electron chi connectivity index (χ4n) is 1.72. The van der Waals surface area contributed by atoms with Crippen LogP contribution >= 0.6 is 0 Å². The average Bonchev–Trinajstić information content (AvgIpc) is 2.30. The van der Waals surface area contributed by atoms with Crippen LogP contribution in [0.4, 0.5) is 0 Å². The lowest BCUT2D eigenvalue weighted by Crippen LogP contribution is -2.40. The number of hydrazone groups is 1. The molecule has 0 aliphatic carbocycles. The second kappa shape index (κ2) is 7.04. The number of unbranched alkanes of at least 4 members (excludes halogenated alkanes) is 2. The minimum Gasteiger partial charge on any atom is -0.348 e. The number of hydrogen-bond acceptors (Lipinski definition) is 3. The molecule has 2 amide bonds. The summed E-state index contributed by atoms with van der Waals surface area (Å²) >= 11 is 0. The standard InChI is InChI=1S/C12H21N3O2/c1-3-4-5-6-9(2)13-12(17)10-7-8-11(16)15-14-10/h9H,3-8H2,1-2H3,(H,13,17)(H,15,16). The van der Waals surface area contributed by atoms with Crippen molar-refractivity contribution >= 4 is 17.5 Å². The summed E-state index contributed by atoms with van der Waals surface area (Å²) in [5, 5.41) is 6.67. The van der Waals surface area contributed by atoms with Crippen molar-refractivity contribution in [3.05, 3.63) is 0 Å². The Morgan fingerprint density at radius 1 is 1.47 bits per heavy atom. The molecule has 17 heavy (non-hydrogen) atoms. The first-order chi connectivity index (χ1) is 8.13. The third-order valence-corrected chi connectivity index (χ3v) is 2.78. The molecule has 0 aromatic carbocycles. The van der Waals surface area contributed by atoms with Crippen LogP contribution in [0.25, 0.3) is 0 Å². The number of rotatable bonds is 6. The summed E-state index contributed by atoms with van der Waals surface area (Å²) < 4.78 is 0. The number of carbonyl (C=O) groups excluding carboxylic acids is 2. The summed E-state index contributed by atoms with van der Waals surface area (Å²) in [6.07, 6.45) is 5.26. The van der Waals surface area contributed by atoms with Crippen LogP contribution in [-0.2, 0) is 9.59 Å². The van der Waals surface area contributed by atoms with E-state index in [9.17, 15) is 9.59 Å². The van der Waals surface area contributed by atoms with E-state index in [2.05, 4.69) is 22.8 Å². The number of nitrogens with one attached hydrogen (secondary N) is 2. The third-order valence-electron chi connectivity index (χ3n) is 2.78. The predicted octanol–water partition coefficient (Wildman–Crippen LogP) is 1.34. The predicted molar refractivity (Wildman–Crippen MR) is 66.6 cm³/mol. The van der Waals surface area contributed by atoms with Crippen molar-refractivity contribution in [2.45, 2.75) is 58.4 Å². The molecule has 96 valence electrons. The molecule has 1 unspecified atom stereocenters. The van der Waals surface area contributed by atoms with E-state index in [1.54, 1.807) is 0 Å². The third kappa shape index (κ3) is 4.97. The lowest BCUT2D eigenvalue weighted by molar-refractivity contribution is -0.121. The minimum atomic E-state index is -0.158. The minimum absolute atomic E-state index is 0.127. The van der Waals surface area contributed by atoms with Crippen LogP contribution in [-0.4, -0.2) is 23.6 Å². The van der Waals surface area contributed by atoms with Crippen LogP contribution in [0.2, 0.25) is 0 Å². The van der Waals surface area contributed by atoms with E-state index in [0.717, 1.165) is 12.8 Å². The van der Waals surface area contributed by atoms with Crippen LogP contribution in [0.15, 0.2) is 5.10 Å². The van der Waals surface area contributed by atoms with Gasteiger partial charge in [-0.05, 0) is 13.3 Å². The summed E-state index contributed by atoms with van der Waals surface area (Å²) in [5.41, 5.74) is 2.75. The molecule has 0 bridgehead atoms. The maximum atomic E-state index is 11.8. The molecule has 5 heteroatoms. The van der Waals surface area contributed by atoms with E-state index in [0.29, 0.717) is 18.6 Å². The Hall–Kier alpha value is -1.39. The molecule has 0 saturated heterocycles. The van der Waals surface area contributed by atoms with Crippen LogP contribution in [0.1, 0.15) is 52.4 Å². The maximum absolute atomic E-state index is 11.8. The SMILES string of the molecule is CCCCCC(C)NC(=O)C1=NNC(=O)CC1. The summed E-state index contributed by atoms with van der Waals surface area (Å²) in [6, 6.07) is 0.161. The van der Waals surface area contributed by atoms with Crippen LogP contribution in [0.5, 0.6) is 0 Å². The van der Waals surface area contributed by atoms with Crippen molar-refractivity contribution < 1.29 is 9.59 Å². The number of amides is 2. The first-order valence-corrected chi connectivity index (χ1v) is 6.29. The van der Waals surface area contributed by atoms with Gasteiger partial charge in [0.25, 0.3) is 5.91 Å². The fourth-order valence-corrected chi connectivity index (χ4v) is 1.72. The average molecular weight is 239 g/mol. The largest absolute Gasteiger partial charge is 0.348 e. The molecule has 1 aliphatic heterocycles.